The second kappa shape index (κ2) is 4.66. The van der Waals surface area contributed by atoms with Gasteiger partial charge in [-0.25, -0.2) is 8.78 Å². The zero-order chi connectivity index (χ0) is 11.4. The smallest absolute Gasteiger partial charge is 0.148 e. The van der Waals surface area contributed by atoms with Crippen molar-refractivity contribution in [2.75, 3.05) is 0 Å². The molecular weight excluding hydrogens is 208 g/mol. The minimum absolute atomic E-state index is 0.242. The fraction of sp³-hybridized carbons (Fsp3) is 0. The zero-order valence-electron chi connectivity index (χ0n) is 8.40. The fourth-order valence-corrected chi connectivity index (χ4v) is 1.29. The minimum atomic E-state index is -0.393. The molecule has 0 aromatic heterocycles. The number of para-hydroxylation sites is 1. The van der Waals surface area contributed by atoms with E-state index in [2.05, 4.69) is 4.99 Å². The molecule has 2 rings (SSSR count). The van der Waals surface area contributed by atoms with E-state index in [1.807, 2.05) is 0 Å². The highest BCUT2D eigenvalue weighted by Crippen LogP contribution is 2.16. The van der Waals surface area contributed by atoms with Gasteiger partial charge >= 0.3 is 0 Å². The molecule has 0 unspecified atom stereocenters. The molecular formula is C13H9F2N. The average molecular weight is 217 g/mol. The van der Waals surface area contributed by atoms with Crippen molar-refractivity contribution < 1.29 is 8.78 Å². The van der Waals surface area contributed by atoms with Crippen molar-refractivity contribution in [2.24, 2.45) is 4.99 Å². The summed E-state index contributed by atoms with van der Waals surface area (Å²) < 4.78 is 26.0. The van der Waals surface area contributed by atoms with Gasteiger partial charge in [-0.05, 0) is 29.8 Å². The molecule has 2 aromatic rings. The highest BCUT2D eigenvalue weighted by molar-refractivity contribution is 5.81. The van der Waals surface area contributed by atoms with E-state index < -0.39 is 5.82 Å². The number of halogens is 2. The minimum Gasteiger partial charge on any atom is -0.253 e. The van der Waals surface area contributed by atoms with E-state index in [0.29, 0.717) is 5.56 Å². The molecule has 16 heavy (non-hydrogen) atoms. The lowest BCUT2D eigenvalue weighted by Gasteiger charge is -1.95. The standard InChI is InChI=1S/C13H9F2N/c14-11-5-3-4-10(8-11)9-16-13-7-2-1-6-12(13)15/h1-9H. The summed E-state index contributed by atoms with van der Waals surface area (Å²) >= 11 is 0. The highest BCUT2D eigenvalue weighted by Gasteiger charge is 1.96. The van der Waals surface area contributed by atoms with Gasteiger partial charge in [0.15, 0.2) is 0 Å². The van der Waals surface area contributed by atoms with Crippen LogP contribution in [0.3, 0.4) is 0 Å². The van der Waals surface area contributed by atoms with Crippen molar-refractivity contribution >= 4 is 11.9 Å². The van der Waals surface area contributed by atoms with Gasteiger partial charge in [0.2, 0.25) is 0 Å². The molecule has 0 fully saturated rings. The topological polar surface area (TPSA) is 12.4 Å². The van der Waals surface area contributed by atoms with Gasteiger partial charge in [0.1, 0.15) is 11.6 Å². The molecule has 0 bridgehead atoms. The molecule has 3 heteroatoms. The predicted octanol–water partition coefficient (Wildman–Crippen LogP) is 3.72. The van der Waals surface area contributed by atoms with Gasteiger partial charge in [0.25, 0.3) is 0 Å². The Labute approximate surface area is 92.1 Å². The van der Waals surface area contributed by atoms with Crippen LogP contribution in [0.1, 0.15) is 5.56 Å². The summed E-state index contributed by atoms with van der Waals surface area (Å²) in [4.78, 5) is 3.95. The Balaban J connectivity index is 2.25. The number of hydrogen-bond donors (Lipinski definition) is 0. The molecule has 0 aliphatic rings. The first-order chi connectivity index (χ1) is 7.75. The third kappa shape index (κ3) is 2.51. The Morgan fingerprint density at radius 1 is 0.938 bits per heavy atom. The van der Waals surface area contributed by atoms with Crippen LogP contribution in [0.5, 0.6) is 0 Å². The lowest BCUT2D eigenvalue weighted by molar-refractivity contribution is 0.627. The van der Waals surface area contributed by atoms with Crippen molar-refractivity contribution in [3.8, 4) is 0 Å². The van der Waals surface area contributed by atoms with E-state index in [9.17, 15) is 8.78 Å². The van der Waals surface area contributed by atoms with Crippen molar-refractivity contribution in [1.29, 1.82) is 0 Å². The van der Waals surface area contributed by atoms with Crippen LogP contribution in [0.4, 0.5) is 14.5 Å². The van der Waals surface area contributed by atoms with Crippen LogP contribution in [0.15, 0.2) is 53.5 Å². The van der Waals surface area contributed by atoms with Gasteiger partial charge in [-0.3, -0.25) is 4.99 Å². The Hall–Kier alpha value is -2.03. The van der Waals surface area contributed by atoms with Crippen LogP contribution in [-0.2, 0) is 0 Å². The van der Waals surface area contributed by atoms with E-state index in [-0.39, 0.29) is 11.5 Å². The number of aliphatic imine (C=N–C) groups is 1. The van der Waals surface area contributed by atoms with Crippen molar-refractivity contribution in [3.63, 3.8) is 0 Å². The van der Waals surface area contributed by atoms with E-state index in [1.165, 1.54) is 24.4 Å². The maximum atomic E-state index is 13.2. The molecule has 2 aromatic carbocycles. The van der Waals surface area contributed by atoms with E-state index in [0.717, 1.165) is 0 Å². The van der Waals surface area contributed by atoms with Gasteiger partial charge in [0, 0.05) is 6.21 Å². The van der Waals surface area contributed by atoms with Gasteiger partial charge in [-0.15, -0.1) is 0 Å². The van der Waals surface area contributed by atoms with Gasteiger partial charge in [-0.2, -0.15) is 0 Å². The van der Waals surface area contributed by atoms with Crippen LogP contribution >= 0.6 is 0 Å². The highest BCUT2D eigenvalue weighted by atomic mass is 19.1. The molecule has 0 aliphatic heterocycles. The van der Waals surface area contributed by atoms with E-state index in [1.54, 1.807) is 30.3 Å². The van der Waals surface area contributed by atoms with Crippen LogP contribution in [-0.4, -0.2) is 6.21 Å². The van der Waals surface area contributed by atoms with Gasteiger partial charge < -0.3 is 0 Å². The molecule has 0 amide bonds. The maximum Gasteiger partial charge on any atom is 0.148 e. The van der Waals surface area contributed by atoms with Gasteiger partial charge in [0.05, 0.1) is 5.69 Å². The molecule has 0 spiro atoms. The van der Waals surface area contributed by atoms with Crippen molar-refractivity contribution in [1.82, 2.24) is 0 Å². The van der Waals surface area contributed by atoms with Crippen LogP contribution in [0.25, 0.3) is 0 Å². The zero-order valence-corrected chi connectivity index (χ0v) is 8.40. The Morgan fingerprint density at radius 2 is 1.75 bits per heavy atom. The first-order valence-corrected chi connectivity index (χ1v) is 4.80. The monoisotopic (exact) mass is 217 g/mol. The first-order valence-electron chi connectivity index (χ1n) is 4.80. The van der Waals surface area contributed by atoms with E-state index in [4.69, 9.17) is 0 Å². The second-order valence-corrected chi connectivity index (χ2v) is 3.26. The fourth-order valence-electron chi connectivity index (χ4n) is 1.29. The van der Waals surface area contributed by atoms with Crippen LogP contribution < -0.4 is 0 Å². The molecule has 80 valence electrons. The molecule has 0 heterocycles. The Morgan fingerprint density at radius 3 is 2.50 bits per heavy atom. The predicted molar refractivity (Wildman–Crippen MR) is 60.1 cm³/mol. The normalized spacial score (nSPS) is 10.9. The lowest BCUT2D eigenvalue weighted by atomic mass is 10.2. The second-order valence-electron chi connectivity index (χ2n) is 3.26. The summed E-state index contributed by atoms with van der Waals surface area (Å²) in [6.45, 7) is 0. The molecule has 0 saturated heterocycles. The third-order valence-electron chi connectivity index (χ3n) is 2.05. The van der Waals surface area contributed by atoms with Crippen LogP contribution in [0.2, 0.25) is 0 Å². The third-order valence-corrected chi connectivity index (χ3v) is 2.05. The Bertz CT molecular complexity index is 521. The number of nitrogens with zero attached hydrogens (tertiary/aromatic N) is 1. The lowest BCUT2D eigenvalue weighted by Crippen LogP contribution is -1.83. The first kappa shape index (κ1) is 10.5. The summed E-state index contributed by atoms with van der Waals surface area (Å²) in [5.74, 6) is -0.729. The summed E-state index contributed by atoms with van der Waals surface area (Å²) in [6.07, 6.45) is 1.43. The number of hydrogen-bond acceptors (Lipinski definition) is 1. The quantitative estimate of drug-likeness (QED) is 0.680. The molecule has 0 saturated carbocycles. The number of rotatable bonds is 2. The Kier molecular flexibility index (Phi) is 3.05. The molecule has 1 nitrogen and oxygen atoms in total. The maximum absolute atomic E-state index is 13.2. The van der Waals surface area contributed by atoms with E-state index >= 15 is 0 Å². The molecule has 0 N–H and O–H groups in total. The van der Waals surface area contributed by atoms with Gasteiger partial charge in [-0.1, -0.05) is 24.3 Å². The summed E-state index contributed by atoms with van der Waals surface area (Å²) in [5, 5.41) is 0. The SMILES string of the molecule is Fc1cccc(C=Nc2ccccc2F)c1. The van der Waals surface area contributed by atoms with Crippen molar-refractivity contribution in [2.45, 2.75) is 0 Å². The van der Waals surface area contributed by atoms with Crippen molar-refractivity contribution in [3.05, 3.63) is 65.7 Å². The average Bonchev–Trinajstić information content (AvgIpc) is 2.28. The summed E-state index contributed by atoms with van der Waals surface area (Å²) in [5.41, 5.74) is 0.843. The summed E-state index contributed by atoms with van der Waals surface area (Å²) in [6, 6.07) is 12.2. The molecule has 0 atom stereocenters. The molecule has 0 radical (unpaired) electrons. The largest absolute Gasteiger partial charge is 0.253 e. The number of benzene rings is 2. The summed E-state index contributed by atoms with van der Waals surface area (Å²) in [7, 11) is 0. The molecule has 0 aliphatic carbocycles. The van der Waals surface area contributed by atoms with Crippen LogP contribution in [0, 0.1) is 11.6 Å².